The average Bonchev–Trinajstić information content (AvgIpc) is 2.75. The molecule has 0 aliphatic heterocycles. The van der Waals surface area contributed by atoms with Crippen LogP contribution in [-0.2, 0) is 14.8 Å². The van der Waals surface area contributed by atoms with E-state index in [0.717, 1.165) is 27.6 Å². The van der Waals surface area contributed by atoms with Crippen molar-refractivity contribution >= 4 is 44.6 Å². The van der Waals surface area contributed by atoms with E-state index in [1.54, 1.807) is 30.3 Å². The van der Waals surface area contributed by atoms with Gasteiger partial charge in [-0.3, -0.25) is 19.2 Å². The maximum Gasteiger partial charge on any atom is 0.289 e. The predicted molar refractivity (Wildman–Crippen MR) is 124 cm³/mol. The molecule has 0 aromatic heterocycles. The molecule has 10 heteroatoms. The summed E-state index contributed by atoms with van der Waals surface area (Å²) in [5.74, 6) is -0.566. The lowest BCUT2D eigenvalue weighted by molar-refractivity contribution is -0.384. The molecule has 32 heavy (non-hydrogen) atoms. The maximum absolute atomic E-state index is 13.4. The molecule has 166 valence electrons. The minimum absolute atomic E-state index is 0.187. The van der Waals surface area contributed by atoms with Crippen LogP contribution in [0.25, 0.3) is 0 Å². The number of carbonyl (C=O) groups is 1. The molecule has 0 fully saturated rings. The van der Waals surface area contributed by atoms with Crippen LogP contribution in [0.15, 0.2) is 71.6 Å². The molecule has 0 radical (unpaired) electrons. The molecule has 0 heterocycles. The lowest BCUT2D eigenvalue weighted by Gasteiger charge is -2.24. The van der Waals surface area contributed by atoms with Crippen molar-refractivity contribution in [3.8, 4) is 0 Å². The molecule has 0 saturated carbocycles. The largest absolute Gasteiger partial charge is 0.325 e. The number of hydrogen-bond acceptors (Lipinski definition) is 5. The van der Waals surface area contributed by atoms with E-state index in [1.807, 2.05) is 19.9 Å². The number of anilines is 2. The number of nitro groups is 1. The number of sulfonamides is 1. The summed E-state index contributed by atoms with van der Waals surface area (Å²) < 4.78 is 27.7. The zero-order chi connectivity index (χ0) is 23.5. The van der Waals surface area contributed by atoms with Gasteiger partial charge in [0, 0.05) is 11.8 Å². The molecule has 0 unspecified atom stereocenters. The Morgan fingerprint density at radius 1 is 1.03 bits per heavy atom. The van der Waals surface area contributed by atoms with Crippen molar-refractivity contribution in [1.82, 2.24) is 0 Å². The summed E-state index contributed by atoms with van der Waals surface area (Å²) in [6.45, 7) is 3.31. The highest BCUT2D eigenvalue weighted by Gasteiger charge is 2.29. The molecule has 3 rings (SSSR count). The van der Waals surface area contributed by atoms with Gasteiger partial charge in [-0.15, -0.1) is 0 Å². The molecule has 0 aliphatic carbocycles. The Bertz CT molecular complexity index is 1280. The normalized spacial score (nSPS) is 11.1. The topological polar surface area (TPSA) is 110 Å². The quantitative estimate of drug-likeness (QED) is 0.395. The molecule has 0 atom stereocenters. The number of nitro benzene ring substituents is 1. The van der Waals surface area contributed by atoms with Crippen LogP contribution in [0.3, 0.4) is 0 Å². The first-order valence-corrected chi connectivity index (χ1v) is 11.3. The molecule has 0 bridgehead atoms. The van der Waals surface area contributed by atoms with Crippen LogP contribution in [0.4, 0.5) is 17.1 Å². The summed E-state index contributed by atoms with van der Waals surface area (Å²) in [4.78, 5) is 22.9. The Morgan fingerprint density at radius 2 is 1.72 bits per heavy atom. The van der Waals surface area contributed by atoms with Gasteiger partial charge in [-0.2, -0.15) is 0 Å². The van der Waals surface area contributed by atoms with E-state index in [0.29, 0.717) is 5.69 Å². The Balaban J connectivity index is 1.97. The van der Waals surface area contributed by atoms with Gasteiger partial charge in [0.2, 0.25) is 5.91 Å². The van der Waals surface area contributed by atoms with E-state index in [9.17, 15) is 23.3 Å². The number of hydrogen-bond donors (Lipinski definition) is 1. The number of nitrogens with one attached hydrogen (secondary N) is 1. The standard InChI is InChI=1S/C22H20ClN3O5S/c1-15-8-9-17(12-16(15)2)24-22(27)14-25(18-6-4-3-5-7-18)32(30,31)19-10-11-20(23)21(13-19)26(28)29/h3-13H,14H2,1-2H3,(H,24,27). The van der Waals surface area contributed by atoms with E-state index in [-0.39, 0.29) is 15.6 Å². The lowest BCUT2D eigenvalue weighted by Crippen LogP contribution is -2.38. The zero-order valence-electron chi connectivity index (χ0n) is 17.3. The van der Waals surface area contributed by atoms with Crippen molar-refractivity contribution in [3.63, 3.8) is 0 Å². The fourth-order valence-corrected chi connectivity index (χ4v) is 4.61. The van der Waals surface area contributed by atoms with Gasteiger partial charge in [-0.05, 0) is 61.4 Å². The summed E-state index contributed by atoms with van der Waals surface area (Å²) in [6, 6.07) is 16.6. The van der Waals surface area contributed by atoms with Crippen molar-refractivity contribution in [3.05, 3.63) is 93.0 Å². The van der Waals surface area contributed by atoms with Gasteiger partial charge >= 0.3 is 0 Å². The van der Waals surface area contributed by atoms with E-state index >= 15 is 0 Å². The van der Waals surface area contributed by atoms with Crippen LogP contribution in [0.1, 0.15) is 11.1 Å². The monoisotopic (exact) mass is 473 g/mol. The third-order valence-corrected chi connectivity index (χ3v) is 6.91. The number of halogens is 1. The molecule has 3 aromatic carbocycles. The number of para-hydroxylation sites is 1. The summed E-state index contributed by atoms with van der Waals surface area (Å²) in [5.41, 5.74) is 2.26. The van der Waals surface area contributed by atoms with Gasteiger partial charge < -0.3 is 5.32 Å². The number of aryl methyl sites for hydroxylation is 2. The van der Waals surface area contributed by atoms with Crippen LogP contribution in [0.2, 0.25) is 5.02 Å². The second-order valence-corrected chi connectivity index (χ2v) is 9.33. The molecule has 1 N–H and O–H groups in total. The lowest BCUT2D eigenvalue weighted by atomic mass is 10.1. The first kappa shape index (κ1) is 23.2. The fourth-order valence-electron chi connectivity index (χ4n) is 2.98. The Kier molecular flexibility index (Phi) is 6.81. The Hall–Kier alpha value is -3.43. The highest BCUT2D eigenvalue weighted by atomic mass is 35.5. The molecule has 8 nitrogen and oxygen atoms in total. The van der Waals surface area contributed by atoms with Crippen LogP contribution in [-0.4, -0.2) is 25.8 Å². The summed E-state index contributed by atoms with van der Waals surface area (Å²) in [7, 11) is -4.32. The predicted octanol–water partition coefficient (Wildman–Crippen LogP) is 4.70. The highest BCUT2D eigenvalue weighted by molar-refractivity contribution is 7.92. The van der Waals surface area contributed by atoms with Gasteiger partial charge in [0.05, 0.1) is 15.5 Å². The van der Waals surface area contributed by atoms with E-state index in [1.165, 1.54) is 18.2 Å². The number of benzene rings is 3. The number of carbonyl (C=O) groups excluding carboxylic acids is 1. The minimum atomic E-state index is -4.32. The molecule has 1 amide bonds. The SMILES string of the molecule is Cc1ccc(NC(=O)CN(c2ccccc2)S(=O)(=O)c2ccc(Cl)c([N+](=O)[O-])c2)cc1C. The molecule has 0 aliphatic rings. The van der Waals surface area contributed by atoms with Crippen LogP contribution >= 0.6 is 11.6 Å². The van der Waals surface area contributed by atoms with Crippen molar-refractivity contribution in [2.45, 2.75) is 18.7 Å². The Morgan fingerprint density at radius 3 is 2.34 bits per heavy atom. The maximum atomic E-state index is 13.4. The van der Waals surface area contributed by atoms with Crippen molar-refractivity contribution in [2.24, 2.45) is 0 Å². The fraction of sp³-hybridized carbons (Fsp3) is 0.136. The molecular weight excluding hydrogens is 454 g/mol. The third kappa shape index (κ3) is 5.06. The Labute approximate surface area is 190 Å². The van der Waals surface area contributed by atoms with Crippen molar-refractivity contribution < 1.29 is 18.1 Å². The molecular formula is C22H20ClN3O5S. The highest BCUT2D eigenvalue weighted by Crippen LogP contribution is 2.30. The molecule has 3 aromatic rings. The van der Waals surface area contributed by atoms with Gasteiger partial charge in [0.15, 0.2) is 0 Å². The van der Waals surface area contributed by atoms with E-state index in [4.69, 9.17) is 11.6 Å². The summed E-state index contributed by atoms with van der Waals surface area (Å²) >= 11 is 5.82. The minimum Gasteiger partial charge on any atom is -0.325 e. The van der Waals surface area contributed by atoms with Gasteiger partial charge in [0.25, 0.3) is 15.7 Å². The smallest absolute Gasteiger partial charge is 0.289 e. The molecule has 0 saturated heterocycles. The van der Waals surface area contributed by atoms with Gasteiger partial charge in [-0.1, -0.05) is 35.9 Å². The number of rotatable bonds is 7. The van der Waals surface area contributed by atoms with Crippen molar-refractivity contribution in [1.29, 1.82) is 0 Å². The van der Waals surface area contributed by atoms with Crippen LogP contribution in [0, 0.1) is 24.0 Å². The van der Waals surface area contributed by atoms with Crippen LogP contribution in [0.5, 0.6) is 0 Å². The van der Waals surface area contributed by atoms with E-state index < -0.39 is 33.1 Å². The van der Waals surface area contributed by atoms with Gasteiger partial charge in [-0.25, -0.2) is 8.42 Å². The zero-order valence-corrected chi connectivity index (χ0v) is 18.9. The third-order valence-electron chi connectivity index (χ3n) is 4.82. The summed E-state index contributed by atoms with van der Waals surface area (Å²) in [6.07, 6.45) is 0. The second-order valence-electron chi connectivity index (χ2n) is 7.06. The molecule has 0 spiro atoms. The first-order chi connectivity index (χ1) is 15.1. The first-order valence-electron chi connectivity index (χ1n) is 9.48. The van der Waals surface area contributed by atoms with Gasteiger partial charge in [0.1, 0.15) is 11.6 Å². The number of nitrogens with zero attached hydrogens (tertiary/aromatic N) is 2. The second kappa shape index (κ2) is 9.37. The number of amides is 1. The average molecular weight is 474 g/mol. The van der Waals surface area contributed by atoms with E-state index in [2.05, 4.69) is 5.32 Å². The van der Waals surface area contributed by atoms with Crippen molar-refractivity contribution in [2.75, 3.05) is 16.2 Å². The summed E-state index contributed by atoms with van der Waals surface area (Å²) in [5, 5.41) is 13.7. The van der Waals surface area contributed by atoms with Crippen LogP contribution < -0.4 is 9.62 Å².